The molecule has 6 nitrogen and oxygen atoms in total. The number of piperidine rings is 1. The number of amides is 1. The van der Waals surface area contributed by atoms with Gasteiger partial charge in [-0.15, -0.1) is 0 Å². The van der Waals surface area contributed by atoms with Crippen molar-refractivity contribution in [3.8, 4) is 11.3 Å². The maximum atomic E-state index is 13.7. The minimum Gasteiger partial charge on any atom is -0.340 e. The maximum Gasteiger partial charge on any atom is 0.226 e. The monoisotopic (exact) mass is 417 g/mol. The number of nitrogens with zero attached hydrogens (tertiary/aromatic N) is 4. The minimum atomic E-state index is -0.319. The van der Waals surface area contributed by atoms with Crippen LogP contribution in [0.2, 0.25) is 0 Å². The Hall–Kier alpha value is -3.35. The van der Waals surface area contributed by atoms with Gasteiger partial charge in [-0.05, 0) is 62.4 Å². The Morgan fingerprint density at radius 2 is 1.97 bits per heavy atom. The second-order valence-corrected chi connectivity index (χ2v) is 8.19. The molecule has 0 radical (unpaired) electrons. The van der Waals surface area contributed by atoms with Crippen molar-refractivity contribution in [1.82, 2.24) is 19.9 Å². The highest BCUT2D eigenvalue weighted by Gasteiger charge is 2.38. The molecule has 3 aromatic rings. The molecule has 1 saturated carbocycles. The van der Waals surface area contributed by atoms with Crippen molar-refractivity contribution < 1.29 is 9.18 Å². The molecule has 7 heteroatoms. The van der Waals surface area contributed by atoms with E-state index in [1.807, 2.05) is 23.1 Å². The van der Waals surface area contributed by atoms with E-state index in [0.717, 1.165) is 49.9 Å². The fraction of sp³-hybridized carbons (Fsp3) is 0.333. The van der Waals surface area contributed by atoms with Gasteiger partial charge in [0.15, 0.2) is 5.82 Å². The number of aromatic nitrogens is 3. The van der Waals surface area contributed by atoms with E-state index in [1.165, 1.54) is 12.1 Å². The van der Waals surface area contributed by atoms with Gasteiger partial charge < -0.3 is 10.2 Å². The van der Waals surface area contributed by atoms with E-state index in [4.69, 9.17) is 9.97 Å². The molecule has 5 rings (SSSR count). The highest BCUT2D eigenvalue weighted by atomic mass is 19.1. The summed E-state index contributed by atoms with van der Waals surface area (Å²) < 4.78 is 13.7. The first-order valence-corrected chi connectivity index (χ1v) is 10.8. The third kappa shape index (κ3) is 4.40. The Morgan fingerprint density at radius 3 is 2.74 bits per heavy atom. The standard InChI is InChI=1S/C24H24FN5O/c25-18-6-3-7-19(13-18)27-22-14-20(17-5-4-11-26-15-17)28-23(29-22)21-8-1-2-12-30(21)24(31)16-9-10-16/h3-7,11,13-16,21H,1-2,8-10,12H2,(H,27,28,29)/t21-/m1/s1. The molecule has 3 heterocycles. The Kier molecular flexibility index (Phi) is 5.32. The fourth-order valence-electron chi connectivity index (χ4n) is 4.08. The van der Waals surface area contributed by atoms with Gasteiger partial charge in [0.05, 0.1) is 11.7 Å². The van der Waals surface area contributed by atoms with E-state index >= 15 is 0 Å². The highest BCUT2D eigenvalue weighted by molar-refractivity contribution is 5.81. The van der Waals surface area contributed by atoms with Crippen LogP contribution >= 0.6 is 0 Å². The molecule has 1 aliphatic carbocycles. The molecule has 0 unspecified atom stereocenters. The van der Waals surface area contributed by atoms with Crippen molar-refractivity contribution in [2.24, 2.45) is 5.92 Å². The number of benzene rings is 1. The molecule has 31 heavy (non-hydrogen) atoms. The first-order valence-electron chi connectivity index (χ1n) is 10.8. The van der Waals surface area contributed by atoms with Crippen LogP contribution in [0.1, 0.15) is 44.0 Å². The summed E-state index contributed by atoms with van der Waals surface area (Å²) in [5, 5.41) is 3.20. The average molecular weight is 417 g/mol. The number of pyridine rings is 1. The summed E-state index contributed by atoms with van der Waals surface area (Å²) in [6.07, 6.45) is 8.31. The topological polar surface area (TPSA) is 71.0 Å². The van der Waals surface area contributed by atoms with Crippen LogP contribution < -0.4 is 5.32 Å². The molecule has 158 valence electrons. The van der Waals surface area contributed by atoms with Crippen LogP contribution in [0.3, 0.4) is 0 Å². The summed E-state index contributed by atoms with van der Waals surface area (Å²) in [5.41, 5.74) is 2.20. The molecule has 1 atom stereocenters. The van der Waals surface area contributed by atoms with Gasteiger partial charge in [0, 0.05) is 42.2 Å². The van der Waals surface area contributed by atoms with Crippen LogP contribution in [-0.2, 0) is 4.79 Å². The van der Waals surface area contributed by atoms with Gasteiger partial charge >= 0.3 is 0 Å². The number of rotatable bonds is 5. The van der Waals surface area contributed by atoms with Gasteiger partial charge in [-0.25, -0.2) is 14.4 Å². The molecule has 2 fully saturated rings. The van der Waals surface area contributed by atoms with Crippen molar-refractivity contribution in [3.63, 3.8) is 0 Å². The number of anilines is 2. The quantitative estimate of drug-likeness (QED) is 0.640. The summed E-state index contributed by atoms with van der Waals surface area (Å²) in [7, 11) is 0. The van der Waals surface area contributed by atoms with E-state index in [1.54, 1.807) is 24.5 Å². The number of nitrogens with one attached hydrogen (secondary N) is 1. The normalized spacial score (nSPS) is 18.6. The lowest BCUT2D eigenvalue weighted by atomic mass is 10.00. The SMILES string of the molecule is O=C(C1CC1)N1CCCC[C@@H]1c1nc(Nc2cccc(F)c2)cc(-c2cccnc2)n1. The van der Waals surface area contributed by atoms with Crippen LogP contribution in [0.4, 0.5) is 15.9 Å². The first kappa shape index (κ1) is 19.6. The van der Waals surface area contributed by atoms with Crippen molar-refractivity contribution in [2.45, 2.75) is 38.1 Å². The average Bonchev–Trinajstić information content (AvgIpc) is 3.65. The summed E-state index contributed by atoms with van der Waals surface area (Å²) in [4.78, 5) is 28.7. The molecule has 2 aromatic heterocycles. The number of hydrogen-bond donors (Lipinski definition) is 1. The van der Waals surface area contributed by atoms with E-state index in [-0.39, 0.29) is 23.7 Å². The van der Waals surface area contributed by atoms with E-state index in [0.29, 0.717) is 17.3 Å². The van der Waals surface area contributed by atoms with Gasteiger partial charge in [-0.2, -0.15) is 0 Å². The van der Waals surface area contributed by atoms with E-state index < -0.39 is 0 Å². The Bertz CT molecular complexity index is 1090. The number of carbonyl (C=O) groups is 1. The third-order valence-electron chi connectivity index (χ3n) is 5.81. The maximum absolute atomic E-state index is 13.7. The van der Waals surface area contributed by atoms with Crippen molar-refractivity contribution in [3.05, 3.63) is 66.5 Å². The molecule has 0 bridgehead atoms. The third-order valence-corrected chi connectivity index (χ3v) is 5.81. The van der Waals surface area contributed by atoms with E-state index in [9.17, 15) is 9.18 Å². The summed E-state index contributed by atoms with van der Waals surface area (Å²) in [6, 6.07) is 11.8. The van der Waals surface area contributed by atoms with Gasteiger partial charge in [-0.3, -0.25) is 9.78 Å². The van der Waals surface area contributed by atoms with Gasteiger partial charge in [0.2, 0.25) is 5.91 Å². The van der Waals surface area contributed by atoms with Gasteiger partial charge in [0.1, 0.15) is 11.6 Å². The molecule has 1 aliphatic heterocycles. The molecule has 0 spiro atoms. The summed E-state index contributed by atoms with van der Waals surface area (Å²) >= 11 is 0. The van der Waals surface area contributed by atoms with Crippen LogP contribution in [0.5, 0.6) is 0 Å². The van der Waals surface area contributed by atoms with Crippen LogP contribution in [-0.4, -0.2) is 32.3 Å². The fourth-order valence-corrected chi connectivity index (χ4v) is 4.08. The molecular weight excluding hydrogens is 393 g/mol. The molecule has 1 saturated heterocycles. The Labute approximate surface area is 180 Å². The predicted octanol–water partition coefficient (Wildman–Crippen LogP) is 4.88. The van der Waals surface area contributed by atoms with Crippen LogP contribution in [0.25, 0.3) is 11.3 Å². The van der Waals surface area contributed by atoms with E-state index in [2.05, 4.69) is 10.3 Å². The molecule has 2 aliphatic rings. The zero-order chi connectivity index (χ0) is 21.2. The van der Waals surface area contributed by atoms with Gasteiger partial charge in [-0.1, -0.05) is 6.07 Å². The zero-order valence-electron chi connectivity index (χ0n) is 17.2. The molecule has 1 N–H and O–H groups in total. The number of hydrogen-bond acceptors (Lipinski definition) is 5. The summed E-state index contributed by atoms with van der Waals surface area (Å²) in [6.45, 7) is 0.743. The van der Waals surface area contributed by atoms with Gasteiger partial charge in [0.25, 0.3) is 0 Å². The van der Waals surface area contributed by atoms with Crippen molar-refractivity contribution in [1.29, 1.82) is 0 Å². The number of likely N-dealkylation sites (tertiary alicyclic amines) is 1. The molecule has 1 amide bonds. The summed E-state index contributed by atoms with van der Waals surface area (Å²) in [5.74, 6) is 1.25. The zero-order valence-corrected chi connectivity index (χ0v) is 17.2. The largest absolute Gasteiger partial charge is 0.340 e. The predicted molar refractivity (Wildman–Crippen MR) is 116 cm³/mol. The lowest BCUT2D eigenvalue weighted by Crippen LogP contribution is -2.40. The highest BCUT2D eigenvalue weighted by Crippen LogP contribution is 2.38. The number of carbonyl (C=O) groups excluding carboxylic acids is 1. The second kappa shape index (κ2) is 8.41. The van der Waals surface area contributed by atoms with Crippen molar-refractivity contribution in [2.75, 3.05) is 11.9 Å². The first-order chi connectivity index (χ1) is 15.2. The Balaban J connectivity index is 1.54. The smallest absolute Gasteiger partial charge is 0.226 e. The Morgan fingerprint density at radius 1 is 1.06 bits per heavy atom. The molecular formula is C24H24FN5O. The lowest BCUT2D eigenvalue weighted by molar-refractivity contribution is -0.136. The molecule has 1 aromatic carbocycles. The lowest BCUT2D eigenvalue weighted by Gasteiger charge is -2.35. The van der Waals surface area contributed by atoms with Crippen LogP contribution in [0, 0.1) is 11.7 Å². The van der Waals surface area contributed by atoms with Crippen molar-refractivity contribution >= 4 is 17.4 Å². The minimum absolute atomic E-state index is 0.147. The van der Waals surface area contributed by atoms with Crippen LogP contribution in [0.15, 0.2) is 54.9 Å². The number of halogens is 1. The second-order valence-electron chi connectivity index (χ2n) is 8.19.